The van der Waals surface area contributed by atoms with E-state index >= 15 is 0 Å². The first-order valence-corrected chi connectivity index (χ1v) is 6.46. The molecule has 0 aliphatic rings. The summed E-state index contributed by atoms with van der Waals surface area (Å²) in [5.41, 5.74) is 3.17. The molecule has 0 aliphatic heterocycles. The molecule has 5 nitrogen and oxygen atoms in total. The fraction of sp³-hybridized carbons (Fsp3) is 0.333. The molecular weight excluding hydrogens is 256 g/mol. The second-order valence-corrected chi connectivity index (χ2v) is 4.56. The maximum atomic E-state index is 11.1. The van der Waals surface area contributed by atoms with E-state index in [0.29, 0.717) is 13.2 Å². The van der Waals surface area contributed by atoms with Crippen LogP contribution in [0.5, 0.6) is 0 Å². The molecule has 0 atom stereocenters. The van der Waals surface area contributed by atoms with Gasteiger partial charge in [0.25, 0.3) is 0 Å². The van der Waals surface area contributed by atoms with Gasteiger partial charge in [-0.2, -0.15) is 0 Å². The van der Waals surface area contributed by atoms with Crippen molar-refractivity contribution in [3.8, 4) is 0 Å². The van der Waals surface area contributed by atoms with Gasteiger partial charge in [-0.25, -0.2) is 0 Å². The van der Waals surface area contributed by atoms with E-state index in [9.17, 15) is 4.79 Å². The molecule has 0 saturated carbocycles. The number of rotatable bonds is 6. The summed E-state index contributed by atoms with van der Waals surface area (Å²) in [6.07, 6.45) is -0.0427. The minimum Gasteiger partial charge on any atom is -0.481 e. The number of hydrogen-bond donors (Lipinski definition) is 2. The molecule has 2 rings (SSSR count). The number of carboxylic acids is 1. The van der Waals surface area contributed by atoms with E-state index in [1.54, 1.807) is 7.11 Å². The number of methoxy groups -OCH3 is 1. The van der Waals surface area contributed by atoms with Crippen LogP contribution in [0.2, 0.25) is 0 Å². The van der Waals surface area contributed by atoms with Crippen LogP contribution in [-0.2, 0) is 16.0 Å². The normalized spacial score (nSPS) is 10.7. The SMILES string of the molecule is COCCNc1c(CC(=O)O)c(C)nc2ccccc12. The lowest BCUT2D eigenvalue weighted by Gasteiger charge is -2.16. The highest BCUT2D eigenvalue weighted by Crippen LogP contribution is 2.28. The van der Waals surface area contributed by atoms with Crippen LogP contribution in [0.4, 0.5) is 5.69 Å². The number of pyridine rings is 1. The van der Waals surface area contributed by atoms with E-state index in [4.69, 9.17) is 9.84 Å². The van der Waals surface area contributed by atoms with Crippen LogP contribution in [0.15, 0.2) is 24.3 Å². The Labute approximate surface area is 117 Å². The first kappa shape index (κ1) is 14.3. The van der Waals surface area contributed by atoms with Crippen LogP contribution in [0.25, 0.3) is 10.9 Å². The summed E-state index contributed by atoms with van der Waals surface area (Å²) in [5.74, 6) is -0.861. The van der Waals surface area contributed by atoms with Crippen molar-refractivity contribution in [3.63, 3.8) is 0 Å². The van der Waals surface area contributed by atoms with Gasteiger partial charge in [0.2, 0.25) is 0 Å². The molecule has 5 heteroatoms. The zero-order valence-electron chi connectivity index (χ0n) is 11.6. The van der Waals surface area contributed by atoms with Gasteiger partial charge in [0.15, 0.2) is 0 Å². The fourth-order valence-electron chi connectivity index (χ4n) is 2.22. The number of carbonyl (C=O) groups is 1. The van der Waals surface area contributed by atoms with Gasteiger partial charge < -0.3 is 15.2 Å². The number of anilines is 1. The van der Waals surface area contributed by atoms with Gasteiger partial charge in [0, 0.05) is 36.0 Å². The monoisotopic (exact) mass is 274 g/mol. The number of fused-ring (bicyclic) bond motifs is 1. The molecule has 2 aromatic rings. The van der Waals surface area contributed by atoms with Gasteiger partial charge in [-0.05, 0) is 13.0 Å². The van der Waals surface area contributed by atoms with Crippen molar-refractivity contribution in [3.05, 3.63) is 35.5 Å². The van der Waals surface area contributed by atoms with Gasteiger partial charge in [-0.1, -0.05) is 18.2 Å². The third-order valence-corrected chi connectivity index (χ3v) is 3.14. The summed E-state index contributed by atoms with van der Waals surface area (Å²) in [6.45, 7) is 3.02. The third kappa shape index (κ3) is 3.05. The Balaban J connectivity index is 2.52. The first-order chi connectivity index (χ1) is 9.63. The lowest BCUT2D eigenvalue weighted by atomic mass is 10.0. The molecule has 0 aliphatic carbocycles. The topological polar surface area (TPSA) is 71.5 Å². The number of aromatic nitrogens is 1. The first-order valence-electron chi connectivity index (χ1n) is 6.46. The molecule has 0 bridgehead atoms. The Hall–Kier alpha value is -2.14. The number of ether oxygens (including phenoxy) is 1. The van der Waals surface area contributed by atoms with Crippen LogP contribution in [-0.4, -0.2) is 36.3 Å². The average molecular weight is 274 g/mol. The minimum absolute atomic E-state index is 0.0427. The third-order valence-electron chi connectivity index (χ3n) is 3.14. The number of nitrogens with one attached hydrogen (secondary N) is 1. The van der Waals surface area contributed by atoms with E-state index in [0.717, 1.165) is 27.8 Å². The number of para-hydroxylation sites is 1. The molecule has 0 unspecified atom stereocenters. The number of hydrogen-bond acceptors (Lipinski definition) is 4. The van der Waals surface area contributed by atoms with Gasteiger partial charge in [-0.15, -0.1) is 0 Å². The molecule has 1 aromatic carbocycles. The Kier molecular flexibility index (Phi) is 4.53. The van der Waals surface area contributed by atoms with Gasteiger partial charge in [0.1, 0.15) is 0 Å². The van der Waals surface area contributed by atoms with E-state index < -0.39 is 5.97 Å². The zero-order valence-corrected chi connectivity index (χ0v) is 11.6. The van der Waals surface area contributed by atoms with Crippen molar-refractivity contribution in [2.75, 3.05) is 25.6 Å². The Morgan fingerprint density at radius 1 is 1.40 bits per heavy atom. The zero-order chi connectivity index (χ0) is 14.5. The second-order valence-electron chi connectivity index (χ2n) is 4.56. The van der Waals surface area contributed by atoms with Crippen LogP contribution in [0.1, 0.15) is 11.3 Å². The molecule has 0 fully saturated rings. The van der Waals surface area contributed by atoms with Crippen LogP contribution >= 0.6 is 0 Å². The van der Waals surface area contributed by atoms with Gasteiger partial charge >= 0.3 is 5.97 Å². The van der Waals surface area contributed by atoms with Crippen molar-refractivity contribution in [1.82, 2.24) is 4.98 Å². The summed E-state index contributed by atoms with van der Waals surface area (Å²) in [5, 5.41) is 13.3. The number of aliphatic carboxylic acids is 1. The smallest absolute Gasteiger partial charge is 0.307 e. The molecule has 2 N–H and O–H groups in total. The van der Waals surface area contributed by atoms with E-state index in [-0.39, 0.29) is 6.42 Å². The molecule has 1 aromatic heterocycles. The maximum absolute atomic E-state index is 11.1. The quantitative estimate of drug-likeness (QED) is 0.790. The molecule has 106 valence electrons. The summed E-state index contributed by atoms with van der Waals surface area (Å²) in [4.78, 5) is 15.5. The van der Waals surface area contributed by atoms with Crippen molar-refractivity contribution in [2.45, 2.75) is 13.3 Å². The molecule has 0 radical (unpaired) electrons. The predicted octanol–water partition coefficient (Wildman–Crippen LogP) is 2.23. The van der Waals surface area contributed by atoms with Gasteiger partial charge in [-0.3, -0.25) is 9.78 Å². The highest BCUT2D eigenvalue weighted by atomic mass is 16.5. The van der Waals surface area contributed by atoms with Crippen molar-refractivity contribution < 1.29 is 14.6 Å². The minimum atomic E-state index is -0.861. The highest BCUT2D eigenvalue weighted by molar-refractivity contribution is 5.94. The van der Waals surface area contributed by atoms with Crippen LogP contribution in [0, 0.1) is 6.92 Å². The summed E-state index contributed by atoms with van der Waals surface area (Å²) >= 11 is 0. The maximum Gasteiger partial charge on any atom is 0.307 e. The molecule has 20 heavy (non-hydrogen) atoms. The summed E-state index contributed by atoms with van der Waals surface area (Å²) in [7, 11) is 1.63. The Morgan fingerprint density at radius 2 is 2.15 bits per heavy atom. The van der Waals surface area contributed by atoms with E-state index in [2.05, 4.69) is 10.3 Å². The standard InChI is InChI=1S/C15H18N2O3/c1-10-12(9-14(18)19)15(16-7-8-20-2)11-5-3-4-6-13(11)17-10/h3-6H,7-9H2,1-2H3,(H,16,17)(H,18,19). The lowest BCUT2D eigenvalue weighted by Crippen LogP contribution is -2.13. The second kappa shape index (κ2) is 6.34. The average Bonchev–Trinajstić information content (AvgIpc) is 2.41. The fourth-order valence-corrected chi connectivity index (χ4v) is 2.22. The molecule has 1 heterocycles. The Morgan fingerprint density at radius 3 is 2.85 bits per heavy atom. The number of benzene rings is 1. The number of aryl methyl sites for hydroxylation is 1. The van der Waals surface area contributed by atoms with Crippen molar-refractivity contribution in [1.29, 1.82) is 0 Å². The number of nitrogens with zero attached hydrogens (tertiary/aromatic N) is 1. The summed E-state index contributed by atoms with van der Waals surface area (Å²) < 4.78 is 5.03. The molecule has 0 spiro atoms. The highest BCUT2D eigenvalue weighted by Gasteiger charge is 2.14. The lowest BCUT2D eigenvalue weighted by molar-refractivity contribution is -0.136. The van der Waals surface area contributed by atoms with Gasteiger partial charge in [0.05, 0.1) is 18.5 Å². The number of carboxylic acid groups (broad SMARTS) is 1. The van der Waals surface area contributed by atoms with Crippen molar-refractivity contribution in [2.24, 2.45) is 0 Å². The molecule has 0 amide bonds. The van der Waals surface area contributed by atoms with Crippen molar-refractivity contribution >= 4 is 22.6 Å². The predicted molar refractivity (Wildman–Crippen MR) is 78.2 cm³/mol. The molecular formula is C15H18N2O3. The summed E-state index contributed by atoms with van der Waals surface area (Å²) in [6, 6.07) is 7.71. The molecule has 0 saturated heterocycles. The van der Waals surface area contributed by atoms with Crippen LogP contribution < -0.4 is 5.32 Å². The Bertz CT molecular complexity index is 626. The van der Waals surface area contributed by atoms with E-state index in [1.807, 2.05) is 31.2 Å². The van der Waals surface area contributed by atoms with E-state index in [1.165, 1.54) is 0 Å². The largest absolute Gasteiger partial charge is 0.481 e. The van der Waals surface area contributed by atoms with Crippen LogP contribution in [0.3, 0.4) is 0 Å².